The van der Waals surface area contributed by atoms with Crippen LogP contribution in [0, 0.1) is 6.92 Å². The first-order valence-electron chi connectivity index (χ1n) is 9.93. The van der Waals surface area contributed by atoms with Gasteiger partial charge in [-0.1, -0.05) is 24.3 Å². The molecular formula is C24H22N4O3S. The largest absolute Gasteiger partial charge is 0.465 e. The number of rotatable bonds is 6. The number of ether oxygens (including phenoxy) is 1. The molecule has 8 heteroatoms. The minimum atomic E-state index is -0.330. The number of likely N-dealkylation sites (N-methyl/N-ethyl adjacent to an activating group) is 1. The van der Waals surface area contributed by atoms with Crippen molar-refractivity contribution in [2.75, 3.05) is 21.2 Å². The zero-order valence-electron chi connectivity index (χ0n) is 18.2. The number of esters is 1. The Morgan fingerprint density at radius 3 is 2.50 bits per heavy atom. The Labute approximate surface area is 189 Å². The maximum atomic E-state index is 12.1. The number of carbonyl (C=O) groups excluding carboxylic acids is 2. The molecule has 0 aliphatic rings. The smallest absolute Gasteiger partial charge is 0.348 e. The highest BCUT2D eigenvalue weighted by Crippen LogP contribution is 2.38. The van der Waals surface area contributed by atoms with Gasteiger partial charge in [0, 0.05) is 49.2 Å². The van der Waals surface area contributed by atoms with Crippen molar-refractivity contribution in [3.8, 4) is 22.3 Å². The standard InChI is InChI=1S/C24H22N4O3S/c1-15-22-20(10-25-11-21(22)32-23(15)24(30)31-4)17-7-5-16(6-8-17)18-9-26-28(12-18)13-19(14-29)27(2)3/h5-12H,13H2,1-4H3. The fourth-order valence-corrected chi connectivity index (χ4v) is 4.69. The van der Waals surface area contributed by atoms with E-state index in [2.05, 4.69) is 10.1 Å². The first kappa shape index (κ1) is 21.5. The summed E-state index contributed by atoms with van der Waals surface area (Å²) in [7, 11) is 5.01. The zero-order chi connectivity index (χ0) is 22.8. The summed E-state index contributed by atoms with van der Waals surface area (Å²) in [5, 5.41) is 5.38. The first-order chi connectivity index (χ1) is 15.4. The van der Waals surface area contributed by atoms with Crippen LogP contribution in [-0.2, 0) is 16.1 Å². The third kappa shape index (κ3) is 3.93. The quantitative estimate of drug-likeness (QED) is 0.326. The topological polar surface area (TPSA) is 77.3 Å². The number of fused-ring (bicyclic) bond motifs is 1. The molecule has 3 heterocycles. The normalized spacial score (nSPS) is 10.8. The lowest BCUT2D eigenvalue weighted by Crippen LogP contribution is -2.17. The number of hydrogen-bond acceptors (Lipinski definition) is 7. The van der Waals surface area contributed by atoms with E-state index in [4.69, 9.17) is 4.74 Å². The number of methoxy groups -OCH3 is 1. The number of pyridine rings is 1. The Kier molecular flexibility index (Phi) is 5.90. The lowest BCUT2D eigenvalue weighted by atomic mass is 9.99. The number of aromatic nitrogens is 3. The van der Waals surface area contributed by atoms with Crippen molar-refractivity contribution in [1.82, 2.24) is 19.7 Å². The summed E-state index contributed by atoms with van der Waals surface area (Å²) in [6, 6.07) is 8.13. The third-order valence-electron chi connectivity index (χ3n) is 5.34. The van der Waals surface area contributed by atoms with Gasteiger partial charge in [0.25, 0.3) is 0 Å². The molecule has 0 atom stereocenters. The van der Waals surface area contributed by atoms with Gasteiger partial charge in [0.15, 0.2) is 0 Å². The van der Waals surface area contributed by atoms with Gasteiger partial charge in [-0.3, -0.25) is 9.67 Å². The summed E-state index contributed by atoms with van der Waals surface area (Å²) in [5.74, 6) is 1.62. The number of thiophene rings is 1. The molecule has 4 aromatic rings. The molecule has 0 aliphatic heterocycles. The summed E-state index contributed by atoms with van der Waals surface area (Å²) >= 11 is 1.40. The minimum absolute atomic E-state index is 0.330. The molecule has 0 radical (unpaired) electrons. The van der Waals surface area contributed by atoms with Crippen molar-refractivity contribution in [3.05, 3.63) is 65.2 Å². The second-order valence-electron chi connectivity index (χ2n) is 7.56. The molecule has 0 spiro atoms. The van der Waals surface area contributed by atoms with Crippen LogP contribution in [-0.4, -0.2) is 52.8 Å². The molecular weight excluding hydrogens is 424 g/mol. The molecule has 0 amide bonds. The fourth-order valence-electron chi connectivity index (χ4n) is 3.57. The summed E-state index contributed by atoms with van der Waals surface area (Å²) in [4.78, 5) is 29.9. The highest BCUT2D eigenvalue weighted by molar-refractivity contribution is 7.21. The Morgan fingerprint density at radius 1 is 1.12 bits per heavy atom. The molecule has 0 fully saturated rings. The summed E-state index contributed by atoms with van der Waals surface area (Å²) < 4.78 is 7.59. The molecule has 3 aromatic heterocycles. The third-order valence-corrected chi connectivity index (χ3v) is 6.55. The van der Waals surface area contributed by atoms with Crippen LogP contribution < -0.4 is 0 Å². The van der Waals surface area contributed by atoms with E-state index in [1.165, 1.54) is 18.4 Å². The van der Waals surface area contributed by atoms with E-state index in [0.29, 0.717) is 17.1 Å². The zero-order valence-corrected chi connectivity index (χ0v) is 19.1. The molecule has 0 saturated heterocycles. The van der Waals surface area contributed by atoms with E-state index < -0.39 is 0 Å². The van der Waals surface area contributed by atoms with Crippen LogP contribution in [0.3, 0.4) is 0 Å². The number of carbonyl (C=O) groups is 1. The van der Waals surface area contributed by atoms with Crippen LogP contribution in [0.1, 0.15) is 15.2 Å². The monoisotopic (exact) mass is 446 g/mol. The average molecular weight is 447 g/mol. The van der Waals surface area contributed by atoms with E-state index in [-0.39, 0.29) is 5.97 Å². The van der Waals surface area contributed by atoms with Gasteiger partial charge in [-0.15, -0.1) is 11.3 Å². The van der Waals surface area contributed by atoms with E-state index in [0.717, 1.165) is 37.9 Å². The Balaban J connectivity index is 1.65. The Morgan fingerprint density at radius 2 is 1.84 bits per heavy atom. The van der Waals surface area contributed by atoms with Gasteiger partial charge >= 0.3 is 5.97 Å². The predicted octanol–water partition coefficient (Wildman–Crippen LogP) is 4.20. The van der Waals surface area contributed by atoms with E-state index in [1.54, 1.807) is 22.0 Å². The van der Waals surface area contributed by atoms with Gasteiger partial charge in [-0.05, 0) is 23.6 Å². The highest BCUT2D eigenvalue weighted by Gasteiger charge is 2.19. The second-order valence-corrected chi connectivity index (χ2v) is 8.61. The molecule has 4 rings (SSSR count). The molecule has 0 bridgehead atoms. The molecule has 0 saturated carbocycles. The van der Waals surface area contributed by atoms with Crippen molar-refractivity contribution in [1.29, 1.82) is 0 Å². The van der Waals surface area contributed by atoms with Gasteiger partial charge in [-0.2, -0.15) is 5.10 Å². The molecule has 0 unspecified atom stereocenters. The lowest BCUT2D eigenvalue weighted by molar-refractivity contribution is 0.0605. The molecule has 32 heavy (non-hydrogen) atoms. The number of allylic oxidation sites excluding steroid dienone is 1. The highest BCUT2D eigenvalue weighted by atomic mass is 32.1. The van der Waals surface area contributed by atoms with Gasteiger partial charge in [-0.25, -0.2) is 9.59 Å². The van der Waals surface area contributed by atoms with Crippen molar-refractivity contribution in [2.24, 2.45) is 0 Å². The number of nitrogens with zero attached hydrogens (tertiary/aromatic N) is 4. The maximum Gasteiger partial charge on any atom is 0.348 e. The Bertz CT molecular complexity index is 1350. The van der Waals surface area contributed by atoms with Crippen LogP contribution in [0.4, 0.5) is 0 Å². The van der Waals surface area contributed by atoms with E-state index in [9.17, 15) is 9.59 Å². The predicted molar refractivity (Wildman–Crippen MR) is 125 cm³/mol. The van der Waals surface area contributed by atoms with Gasteiger partial charge in [0.1, 0.15) is 16.5 Å². The van der Waals surface area contributed by atoms with E-state index in [1.807, 2.05) is 63.6 Å². The number of aryl methyl sites for hydroxylation is 1. The SMILES string of the molecule is COC(=O)c1sc2cncc(-c3ccc(-c4cnn(CC(=C=O)N(C)C)c4)cc3)c2c1C. The van der Waals surface area contributed by atoms with Crippen LogP contribution >= 0.6 is 11.3 Å². The van der Waals surface area contributed by atoms with Crippen LogP contribution in [0.15, 0.2) is 54.7 Å². The van der Waals surface area contributed by atoms with Gasteiger partial charge < -0.3 is 9.64 Å². The molecule has 1 aromatic carbocycles. The molecule has 7 nitrogen and oxygen atoms in total. The van der Waals surface area contributed by atoms with Crippen molar-refractivity contribution < 1.29 is 14.3 Å². The van der Waals surface area contributed by atoms with Gasteiger partial charge in [0.2, 0.25) is 0 Å². The summed E-state index contributed by atoms with van der Waals surface area (Å²) in [6.45, 7) is 2.30. The Hall–Kier alpha value is -3.74. The molecule has 0 aliphatic carbocycles. The van der Waals surface area contributed by atoms with Gasteiger partial charge in [0.05, 0.1) is 24.6 Å². The molecule has 162 valence electrons. The average Bonchev–Trinajstić information content (AvgIpc) is 3.41. The van der Waals surface area contributed by atoms with Crippen molar-refractivity contribution in [2.45, 2.75) is 13.5 Å². The van der Waals surface area contributed by atoms with Crippen molar-refractivity contribution in [3.63, 3.8) is 0 Å². The van der Waals surface area contributed by atoms with Crippen molar-refractivity contribution >= 4 is 33.3 Å². The van der Waals surface area contributed by atoms with Crippen LogP contribution in [0.5, 0.6) is 0 Å². The maximum absolute atomic E-state index is 12.1. The second kappa shape index (κ2) is 8.78. The minimum Gasteiger partial charge on any atom is -0.465 e. The summed E-state index contributed by atoms with van der Waals surface area (Å²) in [5.41, 5.74) is 5.37. The first-order valence-corrected chi connectivity index (χ1v) is 10.7. The fraction of sp³-hybridized carbons (Fsp3) is 0.208. The van der Waals surface area contributed by atoms with Crippen LogP contribution in [0.2, 0.25) is 0 Å². The van der Waals surface area contributed by atoms with E-state index >= 15 is 0 Å². The van der Waals surface area contributed by atoms with Crippen LogP contribution in [0.25, 0.3) is 32.3 Å². The number of hydrogen-bond donors (Lipinski definition) is 0. The summed E-state index contributed by atoms with van der Waals surface area (Å²) in [6.07, 6.45) is 7.29. The molecule has 0 N–H and O–H groups in total. The number of benzene rings is 1. The lowest BCUT2D eigenvalue weighted by Gasteiger charge is -2.12.